The first-order valence-electron chi connectivity index (χ1n) is 6.87. The lowest BCUT2D eigenvalue weighted by Gasteiger charge is -2.34. The molecule has 2 unspecified atom stereocenters. The Labute approximate surface area is 110 Å². The minimum Gasteiger partial charge on any atom is -0.438 e. The minimum atomic E-state index is -0.522. The number of allylic oxidation sites excluding steroid dienone is 2. The van der Waals surface area contributed by atoms with Crippen LogP contribution in [0.1, 0.15) is 40.5 Å². The Morgan fingerprint density at radius 3 is 2.39 bits per heavy atom. The van der Waals surface area contributed by atoms with E-state index in [2.05, 4.69) is 26.8 Å². The van der Waals surface area contributed by atoms with E-state index in [9.17, 15) is 4.79 Å². The van der Waals surface area contributed by atoms with Gasteiger partial charge in [0, 0.05) is 19.0 Å². The predicted octanol–water partition coefficient (Wildman–Crippen LogP) is 3.77. The van der Waals surface area contributed by atoms with Crippen LogP contribution >= 0.6 is 0 Å². The molecule has 0 aliphatic heterocycles. The summed E-state index contributed by atoms with van der Waals surface area (Å²) in [6.45, 7) is 9.70. The van der Waals surface area contributed by atoms with Crippen LogP contribution in [0.2, 0.25) is 0 Å². The zero-order chi connectivity index (χ0) is 13.6. The van der Waals surface area contributed by atoms with Gasteiger partial charge >= 0.3 is 6.09 Å². The maximum absolute atomic E-state index is 12.2. The lowest BCUT2D eigenvalue weighted by molar-refractivity contribution is 0.0104. The molecular formula is C15H25NO2. The number of ether oxygens (including phenoxy) is 1. The highest BCUT2D eigenvalue weighted by Crippen LogP contribution is 2.28. The highest BCUT2D eigenvalue weighted by Gasteiger charge is 2.33. The SMILES string of the molecule is CCCN(CCC)C(=O)OC1(C)C=CC=CC1C. The maximum Gasteiger partial charge on any atom is 0.410 e. The zero-order valence-electron chi connectivity index (χ0n) is 12.0. The third kappa shape index (κ3) is 3.62. The number of hydrogen-bond donors (Lipinski definition) is 0. The van der Waals surface area contributed by atoms with Crippen LogP contribution in [0.5, 0.6) is 0 Å². The quantitative estimate of drug-likeness (QED) is 0.744. The van der Waals surface area contributed by atoms with Crippen molar-refractivity contribution in [3.05, 3.63) is 24.3 Å². The molecule has 1 amide bonds. The second-order valence-corrected chi connectivity index (χ2v) is 5.07. The topological polar surface area (TPSA) is 29.5 Å². The van der Waals surface area contributed by atoms with Gasteiger partial charge in [-0.05, 0) is 25.8 Å². The van der Waals surface area contributed by atoms with Crippen molar-refractivity contribution >= 4 is 6.09 Å². The van der Waals surface area contributed by atoms with Gasteiger partial charge in [-0.3, -0.25) is 0 Å². The number of amides is 1. The molecule has 3 heteroatoms. The number of rotatable bonds is 5. The van der Waals surface area contributed by atoms with Crippen molar-refractivity contribution in [1.29, 1.82) is 0 Å². The first kappa shape index (κ1) is 14.8. The molecule has 0 heterocycles. The van der Waals surface area contributed by atoms with Crippen molar-refractivity contribution in [3.63, 3.8) is 0 Å². The van der Waals surface area contributed by atoms with E-state index in [1.807, 2.05) is 25.2 Å². The Kier molecular flexibility index (Phi) is 5.45. The lowest BCUT2D eigenvalue weighted by Crippen LogP contribution is -2.43. The van der Waals surface area contributed by atoms with E-state index in [0.29, 0.717) is 0 Å². The molecule has 0 fully saturated rings. The zero-order valence-corrected chi connectivity index (χ0v) is 12.0. The standard InChI is InChI=1S/C15H25NO2/c1-5-11-16(12-6-2)14(17)18-15(4)10-8-7-9-13(15)3/h7-10,13H,5-6,11-12H2,1-4H3. The van der Waals surface area contributed by atoms with Crippen molar-refractivity contribution in [1.82, 2.24) is 4.90 Å². The largest absolute Gasteiger partial charge is 0.438 e. The Morgan fingerprint density at radius 1 is 1.28 bits per heavy atom. The lowest BCUT2D eigenvalue weighted by atomic mass is 9.87. The van der Waals surface area contributed by atoms with E-state index < -0.39 is 5.60 Å². The molecule has 0 aromatic carbocycles. The third-order valence-corrected chi connectivity index (χ3v) is 3.39. The van der Waals surface area contributed by atoms with Gasteiger partial charge in [-0.25, -0.2) is 4.79 Å². The summed E-state index contributed by atoms with van der Waals surface area (Å²) < 4.78 is 5.71. The molecule has 0 bridgehead atoms. The van der Waals surface area contributed by atoms with Crippen LogP contribution in [-0.4, -0.2) is 29.7 Å². The molecule has 102 valence electrons. The molecule has 0 saturated heterocycles. The fraction of sp³-hybridized carbons (Fsp3) is 0.667. The van der Waals surface area contributed by atoms with Gasteiger partial charge in [0.2, 0.25) is 0 Å². The summed E-state index contributed by atoms with van der Waals surface area (Å²) in [5.74, 6) is 0.205. The van der Waals surface area contributed by atoms with Crippen LogP contribution in [0.15, 0.2) is 24.3 Å². The van der Waals surface area contributed by atoms with E-state index in [-0.39, 0.29) is 12.0 Å². The predicted molar refractivity (Wildman–Crippen MR) is 74.5 cm³/mol. The van der Waals surface area contributed by atoms with Gasteiger partial charge < -0.3 is 9.64 Å². The molecule has 3 nitrogen and oxygen atoms in total. The van der Waals surface area contributed by atoms with E-state index in [1.165, 1.54) is 0 Å². The third-order valence-electron chi connectivity index (χ3n) is 3.39. The van der Waals surface area contributed by atoms with Crippen LogP contribution in [0, 0.1) is 5.92 Å². The molecule has 18 heavy (non-hydrogen) atoms. The second kappa shape index (κ2) is 6.62. The van der Waals surface area contributed by atoms with Gasteiger partial charge in [0.25, 0.3) is 0 Å². The first-order chi connectivity index (χ1) is 8.53. The number of nitrogens with zero attached hydrogens (tertiary/aromatic N) is 1. The van der Waals surface area contributed by atoms with Crippen LogP contribution in [0.25, 0.3) is 0 Å². The fourth-order valence-corrected chi connectivity index (χ4v) is 2.03. The Bertz CT molecular complexity index is 329. The molecule has 1 aliphatic carbocycles. The van der Waals surface area contributed by atoms with Gasteiger partial charge in [0.15, 0.2) is 0 Å². The molecule has 0 radical (unpaired) electrons. The van der Waals surface area contributed by atoms with Crippen LogP contribution in [0.3, 0.4) is 0 Å². The van der Waals surface area contributed by atoms with Gasteiger partial charge in [0.1, 0.15) is 5.60 Å². The summed E-state index contributed by atoms with van der Waals surface area (Å²) in [6, 6.07) is 0. The molecule has 1 rings (SSSR count). The van der Waals surface area contributed by atoms with E-state index in [4.69, 9.17) is 4.74 Å². The number of carbonyl (C=O) groups excluding carboxylic acids is 1. The Hall–Kier alpha value is -1.25. The first-order valence-corrected chi connectivity index (χ1v) is 6.87. The summed E-state index contributed by atoms with van der Waals surface area (Å²) >= 11 is 0. The molecule has 0 saturated carbocycles. The molecule has 1 aliphatic rings. The summed E-state index contributed by atoms with van der Waals surface area (Å²) in [7, 11) is 0. The molecule has 0 aromatic heterocycles. The van der Waals surface area contributed by atoms with E-state index in [1.54, 1.807) is 4.90 Å². The summed E-state index contributed by atoms with van der Waals surface area (Å²) in [4.78, 5) is 14.0. The molecule has 0 aromatic rings. The van der Waals surface area contributed by atoms with E-state index in [0.717, 1.165) is 25.9 Å². The molecule has 0 N–H and O–H groups in total. The van der Waals surface area contributed by atoms with Gasteiger partial charge in [-0.2, -0.15) is 0 Å². The minimum absolute atomic E-state index is 0.201. The maximum atomic E-state index is 12.2. The van der Waals surface area contributed by atoms with Crippen molar-refractivity contribution in [3.8, 4) is 0 Å². The Balaban J connectivity index is 2.67. The Morgan fingerprint density at radius 2 is 1.89 bits per heavy atom. The van der Waals surface area contributed by atoms with Crippen LogP contribution in [0.4, 0.5) is 4.79 Å². The van der Waals surface area contributed by atoms with Gasteiger partial charge in [-0.1, -0.05) is 39.0 Å². The summed E-state index contributed by atoms with van der Waals surface area (Å²) in [5.41, 5.74) is -0.522. The summed E-state index contributed by atoms with van der Waals surface area (Å²) in [6.07, 6.45) is 9.68. The van der Waals surface area contributed by atoms with Crippen LogP contribution < -0.4 is 0 Å². The second-order valence-electron chi connectivity index (χ2n) is 5.07. The van der Waals surface area contributed by atoms with E-state index >= 15 is 0 Å². The fourth-order valence-electron chi connectivity index (χ4n) is 2.03. The van der Waals surface area contributed by atoms with Crippen LogP contribution in [-0.2, 0) is 4.74 Å². The highest BCUT2D eigenvalue weighted by atomic mass is 16.6. The summed E-state index contributed by atoms with van der Waals surface area (Å²) in [5, 5.41) is 0. The van der Waals surface area contributed by atoms with Crippen molar-refractivity contribution in [2.75, 3.05) is 13.1 Å². The average Bonchev–Trinajstić information content (AvgIpc) is 2.33. The normalized spacial score (nSPS) is 26.1. The smallest absolute Gasteiger partial charge is 0.410 e. The van der Waals surface area contributed by atoms with Crippen molar-refractivity contribution < 1.29 is 9.53 Å². The highest BCUT2D eigenvalue weighted by molar-refractivity contribution is 5.68. The monoisotopic (exact) mass is 251 g/mol. The molecule has 0 spiro atoms. The van der Waals surface area contributed by atoms with Gasteiger partial charge in [0.05, 0.1) is 0 Å². The van der Waals surface area contributed by atoms with Crippen molar-refractivity contribution in [2.24, 2.45) is 5.92 Å². The average molecular weight is 251 g/mol. The number of hydrogen-bond acceptors (Lipinski definition) is 2. The van der Waals surface area contributed by atoms with Gasteiger partial charge in [-0.15, -0.1) is 0 Å². The molecule has 2 atom stereocenters. The van der Waals surface area contributed by atoms with Crippen molar-refractivity contribution in [2.45, 2.75) is 46.1 Å². The number of carbonyl (C=O) groups is 1. The molecular weight excluding hydrogens is 226 g/mol.